The highest BCUT2D eigenvalue weighted by Gasteiger charge is 2.31. The quantitative estimate of drug-likeness (QED) is 0.901. The van der Waals surface area contributed by atoms with Gasteiger partial charge >= 0.3 is 0 Å². The molecule has 1 N–H and O–H groups in total. The molecule has 0 radical (unpaired) electrons. The first-order valence-electron chi connectivity index (χ1n) is 6.24. The van der Waals surface area contributed by atoms with E-state index in [1.165, 1.54) is 16.4 Å². The van der Waals surface area contributed by atoms with Gasteiger partial charge in [0.25, 0.3) is 0 Å². The molecule has 3 rings (SSSR count). The maximum absolute atomic E-state index is 13.6. The molecule has 0 saturated heterocycles. The Kier molecular flexibility index (Phi) is 3.23. The number of hydrogen-bond acceptors (Lipinski definition) is 4. The van der Waals surface area contributed by atoms with E-state index in [0.29, 0.717) is 6.42 Å². The summed E-state index contributed by atoms with van der Waals surface area (Å²) in [4.78, 5) is -0.298. The van der Waals surface area contributed by atoms with Crippen molar-refractivity contribution in [2.75, 3.05) is 6.54 Å². The molecule has 0 atom stereocenters. The Balaban J connectivity index is 2.03. The van der Waals surface area contributed by atoms with Crippen molar-refractivity contribution in [2.24, 2.45) is 0 Å². The SMILES string of the molecule is N#Cc1c(F)cccc1S(=O)(=O)N1CCc2cn[nH]c2C1. The van der Waals surface area contributed by atoms with E-state index in [4.69, 9.17) is 5.26 Å². The van der Waals surface area contributed by atoms with E-state index in [2.05, 4.69) is 10.2 Å². The van der Waals surface area contributed by atoms with Gasteiger partial charge in [0.1, 0.15) is 22.3 Å². The van der Waals surface area contributed by atoms with Crippen LogP contribution in [0.3, 0.4) is 0 Å². The second-order valence-electron chi connectivity index (χ2n) is 4.69. The largest absolute Gasteiger partial charge is 0.281 e. The van der Waals surface area contributed by atoms with Crippen LogP contribution in [-0.4, -0.2) is 29.5 Å². The molecule has 0 saturated carbocycles. The molecule has 0 spiro atoms. The van der Waals surface area contributed by atoms with Crippen LogP contribution in [0.4, 0.5) is 4.39 Å². The first kappa shape index (κ1) is 13.7. The Morgan fingerprint density at radius 2 is 2.24 bits per heavy atom. The van der Waals surface area contributed by atoms with Crippen molar-refractivity contribution >= 4 is 10.0 Å². The molecular formula is C13H11FN4O2S. The molecule has 2 heterocycles. The van der Waals surface area contributed by atoms with Crippen molar-refractivity contribution in [1.29, 1.82) is 5.26 Å². The van der Waals surface area contributed by atoms with Crippen molar-refractivity contribution in [2.45, 2.75) is 17.9 Å². The maximum Gasteiger partial charge on any atom is 0.244 e. The summed E-state index contributed by atoms with van der Waals surface area (Å²) in [5, 5.41) is 15.6. The van der Waals surface area contributed by atoms with Crippen molar-refractivity contribution < 1.29 is 12.8 Å². The molecule has 1 aromatic carbocycles. The highest BCUT2D eigenvalue weighted by atomic mass is 32.2. The van der Waals surface area contributed by atoms with Crippen LogP contribution in [0.15, 0.2) is 29.3 Å². The number of aromatic nitrogens is 2. The number of fused-ring (bicyclic) bond motifs is 1. The average molecular weight is 306 g/mol. The lowest BCUT2D eigenvalue weighted by Gasteiger charge is -2.26. The minimum absolute atomic E-state index is 0.138. The summed E-state index contributed by atoms with van der Waals surface area (Å²) < 4.78 is 40.1. The third kappa shape index (κ3) is 2.20. The molecule has 0 fully saturated rings. The number of halogens is 1. The summed E-state index contributed by atoms with van der Waals surface area (Å²) >= 11 is 0. The van der Waals surface area contributed by atoms with E-state index >= 15 is 0 Å². The maximum atomic E-state index is 13.6. The van der Waals surface area contributed by atoms with Gasteiger partial charge in [0.05, 0.1) is 18.4 Å². The molecule has 1 aliphatic rings. The predicted molar refractivity (Wildman–Crippen MR) is 71.0 cm³/mol. The fourth-order valence-electron chi connectivity index (χ4n) is 2.36. The first-order valence-corrected chi connectivity index (χ1v) is 7.68. The number of nitrogens with one attached hydrogen (secondary N) is 1. The third-order valence-electron chi connectivity index (χ3n) is 3.48. The lowest BCUT2D eigenvalue weighted by atomic mass is 10.1. The van der Waals surface area contributed by atoms with Crippen molar-refractivity contribution in [3.05, 3.63) is 47.0 Å². The third-order valence-corrected chi connectivity index (χ3v) is 5.37. The number of benzene rings is 1. The number of sulfonamides is 1. The van der Waals surface area contributed by atoms with Gasteiger partial charge in [0.15, 0.2) is 0 Å². The summed E-state index contributed by atoms with van der Waals surface area (Å²) in [7, 11) is -3.92. The number of hydrogen-bond donors (Lipinski definition) is 1. The number of aromatic amines is 1. The van der Waals surface area contributed by atoms with Crippen LogP contribution in [0.1, 0.15) is 16.8 Å². The molecule has 108 valence electrons. The number of nitriles is 1. The molecule has 6 nitrogen and oxygen atoms in total. The molecule has 1 aromatic heterocycles. The van der Waals surface area contributed by atoms with E-state index in [-0.39, 0.29) is 18.0 Å². The van der Waals surface area contributed by atoms with Gasteiger partial charge in [0, 0.05) is 6.54 Å². The predicted octanol–water partition coefficient (Wildman–Crippen LogP) is 1.17. The minimum atomic E-state index is -3.92. The fraction of sp³-hybridized carbons (Fsp3) is 0.231. The van der Waals surface area contributed by atoms with Gasteiger partial charge in [-0.25, -0.2) is 12.8 Å². The molecule has 0 aliphatic carbocycles. The summed E-state index contributed by atoms with van der Waals surface area (Å²) in [5.41, 5.74) is 1.24. The van der Waals surface area contributed by atoms with Crippen LogP contribution < -0.4 is 0 Å². The molecule has 1 aliphatic heterocycles. The van der Waals surface area contributed by atoms with Gasteiger partial charge in [-0.1, -0.05) is 6.07 Å². The van der Waals surface area contributed by atoms with Crippen LogP contribution in [0.5, 0.6) is 0 Å². The lowest BCUT2D eigenvalue weighted by molar-refractivity contribution is 0.386. The van der Waals surface area contributed by atoms with Crippen LogP contribution in [0.25, 0.3) is 0 Å². The van der Waals surface area contributed by atoms with Gasteiger partial charge in [-0.3, -0.25) is 5.10 Å². The van der Waals surface area contributed by atoms with Crippen molar-refractivity contribution in [1.82, 2.24) is 14.5 Å². The lowest BCUT2D eigenvalue weighted by Crippen LogP contribution is -2.36. The first-order chi connectivity index (χ1) is 10.0. The number of H-pyrrole nitrogens is 1. The smallest absolute Gasteiger partial charge is 0.244 e. The zero-order valence-electron chi connectivity index (χ0n) is 10.9. The van der Waals surface area contributed by atoms with Gasteiger partial charge < -0.3 is 0 Å². The Hall–Kier alpha value is -2.24. The monoisotopic (exact) mass is 306 g/mol. The van der Waals surface area contributed by atoms with E-state index in [1.54, 1.807) is 12.3 Å². The molecule has 0 bridgehead atoms. The average Bonchev–Trinajstić information content (AvgIpc) is 2.94. The van der Waals surface area contributed by atoms with Gasteiger partial charge in [-0.05, 0) is 24.1 Å². The number of rotatable bonds is 2. The minimum Gasteiger partial charge on any atom is -0.281 e. The van der Waals surface area contributed by atoms with Crippen LogP contribution in [0, 0.1) is 17.1 Å². The van der Waals surface area contributed by atoms with Crippen molar-refractivity contribution in [3.63, 3.8) is 0 Å². The standard InChI is InChI=1S/C13H11FN4O2S/c14-11-2-1-3-13(10(11)6-15)21(19,20)18-5-4-9-7-16-17-12(9)8-18/h1-3,7H,4-5,8H2,(H,16,17). The summed E-state index contributed by atoms with van der Waals surface area (Å²) in [5.74, 6) is -0.835. The Bertz CT molecular complexity index is 838. The number of nitrogens with zero attached hydrogens (tertiary/aromatic N) is 3. The molecule has 0 unspecified atom stereocenters. The normalized spacial score (nSPS) is 15.4. The topological polar surface area (TPSA) is 89.8 Å². The molecular weight excluding hydrogens is 295 g/mol. The van der Waals surface area contributed by atoms with E-state index in [9.17, 15) is 12.8 Å². The van der Waals surface area contributed by atoms with Crippen LogP contribution >= 0.6 is 0 Å². The molecule has 21 heavy (non-hydrogen) atoms. The van der Waals surface area contributed by atoms with Crippen molar-refractivity contribution in [3.8, 4) is 6.07 Å². The summed E-state index contributed by atoms with van der Waals surface area (Å²) in [6, 6.07) is 5.23. The highest BCUT2D eigenvalue weighted by Crippen LogP contribution is 2.26. The zero-order valence-corrected chi connectivity index (χ0v) is 11.7. The van der Waals surface area contributed by atoms with Crippen LogP contribution in [-0.2, 0) is 23.0 Å². The summed E-state index contributed by atoms with van der Waals surface area (Å²) in [6.45, 7) is 0.412. The van der Waals surface area contributed by atoms with E-state index < -0.39 is 21.4 Å². The fourth-order valence-corrected chi connectivity index (χ4v) is 3.92. The van der Waals surface area contributed by atoms with E-state index in [0.717, 1.165) is 17.3 Å². The highest BCUT2D eigenvalue weighted by molar-refractivity contribution is 7.89. The Morgan fingerprint density at radius 3 is 3.00 bits per heavy atom. The molecule has 8 heteroatoms. The summed E-state index contributed by atoms with van der Waals surface area (Å²) in [6.07, 6.45) is 2.20. The zero-order chi connectivity index (χ0) is 15.0. The molecule has 2 aromatic rings. The van der Waals surface area contributed by atoms with E-state index in [1.807, 2.05) is 0 Å². The van der Waals surface area contributed by atoms with Crippen LogP contribution in [0.2, 0.25) is 0 Å². The van der Waals surface area contributed by atoms with Gasteiger partial charge in [-0.15, -0.1) is 0 Å². The van der Waals surface area contributed by atoms with Gasteiger partial charge in [0.2, 0.25) is 10.0 Å². The molecule has 0 amide bonds. The second-order valence-corrected chi connectivity index (χ2v) is 6.59. The Morgan fingerprint density at radius 1 is 1.43 bits per heavy atom. The van der Waals surface area contributed by atoms with Gasteiger partial charge in [-0.2, -0.15) is 14.7 Å². The Labute approximate surface area is 120 Å². The second kappa shape index (κ2) is 4.95.